The van der Waals surface area contributed by atoms with Crippen molar-refractivity contribution in [2.24, 2.45) is 0 Å². The van der Waals surface area contributed by atoms with Gasteiger partial charge in [-0.25, -0.2) is 0 Å². The molecule has 0 aromatic rings. The molecule has 0 aromatic heterocycles. The second kappa shape index (κ2) is 10.7. The van der Waals surface area contributed by atoms with Gasteiger partial charge in [0.05, 0.1) is 0 Å². The standard InChI is InChI=1S/C3H10OSi.CH2O.FH.H2O/c1-5(2,3)4;1-2;;/h4H,1-3H3;1H2;1H;1H2. The van der Waals surface area contributed by atoms with Crippen molar-refractivity contribution in [1.82, 2.24) is 0 Å². The smallest absolute Gasteiger partial charge is 0.179 e. The highest BCUT2D eigenvalue weighted by Gasteiger charge is 2.03. The highest BCUT2D eigenvalue weighted by molar-refractivity contribution is 6.68. The van der Waals surface area contributed by atoms with Crippen LogP contribution in [-0.2, 0) is 4.79 Å². The largest absolute Gasteiger partial charge is 0.433 e. The number of hydrogen-bond donors (Lipinski definition) is 1. The molecule has 0 heterocycles. The molecule has 3 nitrogen and oxygen atoms in total. The third-order valence-electron chi connectivity index (χ3n) is 0. The van der Waals surface area contributed by atoms with Crippen LogP contribution in [0.3, 0.4) is 0 Å². The zero-order valence-electron chi connectivity index (χ0n) is 5.97. The van der Waals surface area contributed by atoms with E-state index >= 15 is 0 Å². The van der Waals surface area contributed by atoms with Crippen LogP contribution in [0.5, 0.6) is 0 Å². The van der Waals surface area contributed by atoms with E-state index in [-0.39, 0.29) is 10.2 Å². The maximum atomic E-state index is 8.66. The molecule has 0 unspecified atom stereocenters. The summed E-state index contributed by atoms with van der Waals surface area (Å²) in [6.07, 6.45) is 0. The van der Waals surface area contributed by atoms with Crippen LogP contribution in [0.25, 0.3) is 0 Å². The van der Waals surface area contributed by atoms with Crippen molar-refractivity contribution in [3.8, 4) is 0 Å². The molecule has 0 aliphatic rings. The first kappa shape index (κ1) is 23.3. The number of hydrogen-bond acceptors (Lipinski definition) is 2. The molecular formula is C4H15FO3Si. The lowest BCUT2D eigenvalue weighted by Gasteiger charge is -2.00. The summed E-state index contributed by atoms with van der Waals surface area (Å²) in [6, 6.07) is 0. The average molecular weight is 158 g/mol. The first-order valence-electron chi connectivity index (χ1n) is 2.01. The van der Waals surface area contributed by atoms with Crippen molar-refractivity contribution in [2.45, 2.75) is 19.6 Å². The van der Waals surface area contributed by atoms with E-state index in [1.807, 2.05) is 26.4 Å². The van der Waals surface area contributed by atoms with Crippen LogP contribution in [0, 0.1) is 0 Å². The fraction of sp³-hybridized carbons (Fsp3) is 0.750. The molecule has 5 heteroatoms. The van der Waals surface area contributed by atoms with Gasteiger partial charge in [-0.2, -0.15) is 0 Å². The van der Waals surface area contributed by atoms with E-state index in [1.165, 1.54) is 0 Å². The van der Waals surface area contributed by atoms with Crippen molar-refractivity contribution in [1.29, 1.82) is 0 Å². The highest BCUT2D eigenvalue weighted by atomic mass is 28.4. The number of carbonyl (C=O) groups excluding carboxylic acids is 1. The zero-order valence-corrected chi connectivity index (χ0v) is 6.97. The van der Waals surface area contributed by atoms with Gasteiger partial charge in [0, 0.05) is 0 Å². The van der Waals surface area contributed by atoms with Crippen LogP contribution in [0.1, 0.15) is 0 Å². The van der Waals surface area contributed by atoms with Crippen molar-refractivity contribution >= 4 is 15.1 Å². The topological polar surface area (TPSA) is 68.8 Å². The van der Waals surface area contributed by atoms with Gasteiger partial charge in [-0.3, -0.25) is 4.70 Å². The Hall–Kier alpha value is -0.263. The molecule has 0 atom stereocenters. The van der Waals surface area contributed by atoms with E-state index in [4.69, 9.17) is 9.59 Å². The SMILES string of the molecule is C=O.C[Si](C)(C)O.F.O. The normalized spacial score (nSPS) is 7.11. The van der Waals surface area contributed by atoms with Gasteiger partial charge in [0.1, 0.15) is 6.79 Å². The second-order valence-electron chi connectivity index (χ2n) is 2.17. The fourth-order valence-electron chi connectivity index (χ4n) is 0. The lowest BCUT2D eigenvalue weighted by Crippen LogP contribution is -2.17. The third kappa shape index (κ3) is 3680. The summed E-state index contributed by atoms with van der Waals surface area (Å²) in [4.78, 5) is 16.7. The van der Waals surface area contributed by atoms with Gasteiger partial charge in [0.25, 0.3) is 0 Å². The van der Waals surface area contributed by atoms with Gasteiger partial charge in [0.15, 0.2) is 8.32 Å². The minimum absolute atomic E-state index is 0. The van der Waals surface area contributed by atoms with Crippen molar-refractivity contribution in [3.63, 3.8) is 0 Å². The number of rotatable bonds is 0. The minimum Gasteiger partial charge on any atom is -0.433 e. The van der Waals surface area contributed by atoms with Crippen LogP contribution < -0.4 is 0 Å². The highest BCUT2D eigenvalue weighted by Crippen LogP contribution is 1.88. The van der Waals surface area contributed by atoms with Crippen LogP contribution in [0.2, 0.25) is 19.6 Å². The van der Waals surface area contributed by atoms with Gasteiger partial charge in [-0.1, -0.05) is 0 Å². The summed E-state index contributed by atoms with van der Waals surface area (Å²) in [7, 11) is -1.61. The van der Waals surface area contributed by atoms with Crippen molar-refractivity contribution < 1.29 is 19.8 Å². The summed E-state index contributed by atoms with van der Waals surface area (Å²) in [5.74, 6) is 0. The predicted molar refractivity (Wildman–Crippen MR) is 38.8 cm³/mol. The van der Waals surface area contributed by atoms with E-state index < -0.39 is 8.32 Å². The van der Waals surface area contributed by atoms with Gasteiger partial charge < -0.3 is 15.1 Å². The Morgan fingerprint density at radius 1 is 1.22 bits per heavy atom. The molecule has 0 fully saturated rings. The van der Waals surface area contributed by atoms with Gasteiger partial charge >= 0.3 is 0 Å². The van der Waals surface area contributed by atoms with Crippen molar-refractivity contribution in [3.05, 3.63) is 0 Å². The average Bonchev–Trinajstić information content (AvgIpc) is 1.36. The summed E-state index contributed by atoms with van der Waals surface area (Å²) < 4.78 is 0. The Kier molecular flexibility index (Phi) is 27.6. The molecular weight excluding hydrogens is 143 g/mol. The molecule has 0 bridgehead atoms. The number of carbonyl (C=O) groups is 1. The zero-order chi connectivity index (χ0) is 6.50. The van der Waals surface area contributed by atoms with Crippen LogP contribution in [0.15, 0.2) is 0 Å². The second-order valence-corrected chi connectivity index (χ2v) is 6.51. The molecule has 0 spiro atoms. The molecule has 0 saturated carbocycles. The molecule has 0 saturated heterocycles. The Morgan fingerprint density at radius 3 is 1.22 bits per heavy atom. The molecule has 0 radical (unpaired) electrons. The van der Waals surface area contributed by atoms with Gasteiger partial charge in [-0.05, 0) is 19.6 Å². The Morgan fingerprint density at radius 2 is 1.22 bits per heavy atom. The van der Waals surface area contributed by atoms with Crippen LogP contribution in [-0.4, -0.2) is 25.4 Å². The van der Waals surface area contributed by atoms with Crippen molar-refractivity contribution in [2.75, 3.05) is 0 Å². The summed E-state index contributed by atoms with van der Waals surface area (Å²) >= 11 is 0. The first-order valence-corrected chi connectivity index (χ1v) is 5.46. The molecule has 0 aliphatic heterocycles. The summed E-state index contributed by atoms with van der Waals surface area (Å²) in [5.41, 5.74) is 0. The van der Waals surface area contributed by atoms with Crippen LogP contribution in [0.4, 0.5) is 4.70 Å². The maximum Gasteiger partial charge on any atom is 0.179 e. The molecule has 0 amide bonds. The van der Waals surface area contributed by atoms with Crippen LogP contribution >= 0.6 is 0 Å². The summed E-state index contributed by atoms with van der Waals surface area (Å²) in [6.45, 7) is 7.65. The fourth-order valence-corrected chi connectivity index (χ4v) is 0. The molecule has 0 aliphatic carbocycles. The maximum absolute atomic E-state index is 8.66. The van der Waals surface area contributed by atoms with E-state index in [1.54, 1.807) is 0 Å². The minimum atomic E-state index is -1.61. The Bertz CT molecular complexity index is 39.6. The van der Waals surface area contributed by atoms with E-state index in [9.17, 15) is 0 Å². The lowest BCUT2D eigenvalue weighted by molar-refractivity contribution is -0.0979. The number of halogens is 1. The molecule has 0 rings (SSSR count). The summed E-state index contributed by atoms with van der Waals surface area (Å²) in [5, 5.41) is 0. The lowest BCUT2D eigenvalue weighted by atomic mass is 11.8. The van der Waals surface area contributed by atoms with Gasteiger partial charge in [-0.15, -0.1) is 0 Å². The van der Waals surface area contributed by atoms with E-state index in [2.05, 4.69) is 0 Å². The van der Waals surface area contributed by atoms with E-state index in [0.717, 1.165) is 0 Å². The third-order valence-corrected chi connectivity index (χ3v) is 0. The van der Waals surface area contributed by atoms with E-state index in [0.29, 0.717) is 0 Å². The Labute approximate surface area is 55.5 Å². The molecule has 3 N–H and O–H groups in total. The molecule has 0 aromatic carbocycles. The predicted octanol–water partition coefficient (Wildman–Crippen LogP) is -0.0435. The molecule has 9 heavy (non-hydrogen) atoms. The molecule has 60 valence electrons. The Balaban J connectivity index is -0.0000000286. The quantitative estimate of drug-likeness (QED) is 0.502. The van der Waals surface area contributed by atoms with Gasteiger partial charge in [0.2, 0.25) is 0 Å². The first-order chi connectivity index (χ1) is 3.00. The monoisotopic (exact) mass is 158 g/mol.